The fourth-order valence-corrected chi connectivity index (χ4v) is 4.01. The van der Waals surface area contributed by atoms with Crippen molar-refractivity contribution >= 4 is 32.7 Å². The lowest BCUT2D eigenvalue weighted by Gasteiger charge is -2.17. The summed E-state index contributed by atoms with van der Waals surface area (Å²) in [6.07, 6.45) is 2.98. The minimum Gasteiger partial charge on any atom is -0.340 e. The standard InChI is InChI=1S/C17H18N4O4S/c1-11-9-14(17(23)20(11)8-6-18)19-16(22)13-3-4-15-12(10-13)5-7-21(15)26(2,24)25/h3-5,7,10-11,14H,8-9H2,1-2H3,(H,19,22). The van der Waals surface area contributed by atoms with Crippen LogP contribution >= 0.6 is 0 Å². The molecular formula is C17H18N4O4S. The number of nitriles is 1. The van der Waals surface area contributed by atoms with Gasteiger partial charge in [0.05, 0.1) is 17.8 Å². The fourth-order valence-electron chi connectivity index (χ4n) is 3.21. The first-order valence-corrected chi connectivity index (χ1v) is 9.87. The molecule has 0 saturated carbocycles. The number of fused-ring (bicyclic) bond motifs is 1. The number of nitrogens with one attached hydrogen (secondary N) is 1. The highest BCUT2D eigenvalue weighted by Gasteiger charge is 2.37. The quantitative estimate of drug-likeness (QED) is 0.792. The van der Waals surface area contributed by atoms with Gasteiger partial charge in [0.25, 0.3) is 5.91 Å². The van der Waals surface area contributed by atoms with Gasteiger partial charge < -0.3 is 10.2 Å². The van der Waals surface area contributed by atoms with E-state index in [4.69, 9.17) is 5.26 Å². The Morgan fingerprint density at radius 3 is 2.77 bits per heavy atom. The van der Waals surface area contributed by atoms with Gasteiger partial charge in [-0.1, -0.05) is 0 Å². The molecule has 1 aliphatic heterocycles. The summed E-state index contributed by atoms with van der Waals surface area (Å²) in [5.74, 6) is -0.680. The molecule has 0 radical (unpaired) electrons. The number of benzene rings is 1. The maximum Gasteiger partial charge on any atom is 0.251 e. The van der Waals surface area contributed by atoms with Crippen molar-refractivity contribution in [1.29, 1.82) is 5.26 Å². The van der Waals surface area contributed by atoms with Crippen LogP contribution in [0.2, 0.25) is 0 Å². The molecule has 2 unspecified atom stereocenters. The van der Waals surface area contributed by atoms with Gasteiger partial charge in [0.2, 0.25) is 15.9 Å². The van der Waals surface area contributed by atoms with E-state index in [1.807, 2.05) is 13.0 Å². The maximum atomic E-state index is 12.5. The van der Waals surface area contributed by atoms with Crippen LogP contribution in [0, 0.1) is 11.3 Å². The van der Waals surface area contributed by atoms with E-state index in [1.54, 1.807) is 18.2 Å². The van der Waals surface area contributed by atoms with Gasteiger partial charge in [0, 0.05) is 23.2 Å². The minimum absolute atomic E-state index is 0.00264. The highest BCUT2D eigenvalue weighted by molar-refractivity contribution is 7.89. The second-order valence-electron chi connectivity index (χ2n) is 6.38. The van der Waals surface area contributed by atoms with Gasteiger partial charge >= 0.3 is 0 Å². The second kappa shape index (κ2) is 6.46. The molecule has 1 aromatic heterocycles. The molecule has 1 aromatic carbocycles. The zero-order chi connectivity index (χ0) is 19.1. The van der Waals surface area contributed by atoms with E-state index < -0.39 is 22.0 Å². The summed E-state index contributed by atoms with van der Waals surface area (Å²) in [7, 11) is -3.42. The maximum absolute atomic E-state index is 12.5. The zero-order valence-electron chi connectivity index (χ0n) is 14.3. The smallest absolute Gasteiger partial charge is 0.251 e. The Balaban J connectivity index is 1.81. The number of hydrogen-bond donors (Lipinski definition) is 1. The number of carbonyl (C=O) groups is 2. The van der Waals surface area contributed by atoms with Crippen LogP contribution in [0.1, 0.15) is 23.7 Å². The monoisotopic (exact) mass is 374 g/mol. The lowest BCUT2D eigenvalue weighted by Crippen LogP contribution is -2.41. The molecule has 26 heavy (non-hydrogen) atoms. The molecule has 3 rings (SSSR count). The molecule has 0 spiro atoms. The highest BCUT2D eigenvalue weighted by atomic mass is 32.2. The molecule has 0 aliphatic carbocycles. The number of carbonyl (C=O) groups excluding carboxylic acids is 2. The first-order valence-electron chi connectivity index (χ1n) is 8.02. The van der Waals surface area contributed by atoms with E-state index in [0.29, 0.717) is 22.9 Å². The predicted molar refractivity (Wildman–Crippen MR) is 94.8 cm³/mol. The van der Waals surface area contributed by atoms with Gasteiger partial charge in [-0.2, -0.15) is 5.26 Å². The van der Waals surface area contributed by atoms with Crippen LogP contribution in [-0.4, -0.2) is 54.0 Å². The summed E-state index contributed by atoms with van der Waals surface area (Å²) in [5, 5.41) is 12.1. The molecule has 1 fully saturated rings. The summed E-state index contributed by atoms with van der Waals surface area (Å²) in [5.41, 5.74) is 0.817. The molecule has 8 nitrogen and oxygen atoms in total. The third kappa shape index (κ3) is 3.15. The SMILES string of the molecule is CC1CC(NC(=O)c2ccc3c(ccn3S(C)(=O)=O)c2)C(=O)N1CC#N. The van der Waals surface area contributed by atoms with Crippen LogP contribution in [-0.2, 0) is 14.8 Å². The van der Waals surface area contributed by atoms with E-state index in [-0.39, 0.29) is 18.5 Å². The van der Waals surface area contributed by atoms with Crippen molar-refractivity contribution in [2.45, 2.75) is 25.4 Å². The van der Waals surface area contributed by atoms with Crippen molar-refractivity contribution in [1.82, 2.24) is 14.2 Å². The molecule has 136 valence electrons. The Morgan fingerprint density at radius 2 is 2.12 bits per heavy atom. The van der Waals surface area contributed by atoms with Gasteiger partial charge in [-0.3, -0.25) is 9.59 Å². The van der Waals surface area contributed by atoms with E-state index in [2.05, 4.69) is 5.32 Å². The van der Waals surface area contributed by atoms with E-state index in [0.717, 1.165) is 10.2 Å². The second-order valence-corrected chi connectivity index (χ2v) is 8.24. The highest BCUT2D eigenvalue weighted by Crippen LogP contribution is 2.21. The number of rotatable bonds is 4. The van der Waals surface area contributed by atoms with Crippen LogP contribution < -0.4 is 5.32 Å². The van der Waals surface area contributed by atoms with E-state index in [1.165, 1.54) is 17.2 Å². The lowest BCUT2D eigenvalue weighted by atomic mass is 10.1. The van der Waals surface area contributed by atoms with Crippen molar-refractivity contribution in [3.8, 4) is 6.07 Å². The van der Waals surface area contributed by atoms with E-state index in [9.17, 15) is 18.0 Å². The summed E-state index contributed by atoms with van der Waals surface area (Å²) in [4.78, 5) is 26.2. The Bertz CT molecular complexity index is 1030. The molecule has 0 bridgehead atoms. The van der Waals surface area contributed by atoms with Crippen molar-refractivity contribution in [2.75, 3.05) is 12.8 Å². The van der Waals surface area contributed by atoms with Crippen molar-refractivity contribution in [3.05, 3.63) is 36.0 Å². The van der Waals surface area contributed by atoms with Crippen molar-refractivity contribution < 1.29 is 18.0 Å². The first kappa shape index (κ1) is 17.9. The first-order chi connectivity index (χ1) is 12.2. The van der Waals surface area contributed by atoms with Crippen LogP contribution in [0.25, 0.3) is 10.9 Å². The van der Waals surface area contributed by atoms with Crippen molar-refractivity contribution in [2.24, 2.45) is 0 Å². The van der Waals surface area contributed by atoms with Crippen LogP contribution in [0.5, 0.6) is 0 Å². The third-order valence-corrected chi connectivity index (χ3v) is 5.54. The number of aromatic nitrogens is 1. The lowest BCUT2D eigenvalue weighted by molar-refractivity contribution is -0.129. The fraction of sp³-hybridized carbons (Fsp3) is 0.353. The number of nitrogens with zero attached hydrogens (tertiary/aromatic N) is 3. The van der Waals surface area contributed by atoms with Crippen LogP contribution in [0.4, 0.5) is 0 Å². The Kier molecular flexibility index (Phi) is 4.46. The molecule has 1 saturated heterocycles. The van der Waals surface area contributed by atoms with Crippen molar-refractivity contribution in [3.63, 3.8) is 0 Å². The molecule has 1 N–H and O–H groups in total. The molecule has 9 heteroatoms. The number of hydrogen-bond acceptors (Lipinski definition) is 5. The Labute approximate surface area is 151 Å². The van der Waals surface area contributed by atoms with Gasteiger partial charge in [-0.25, -0.2) is 12.4 Å². The van der Waals surface area contributed by atoms with Crippen LogP contribution in [0.3, 0.4) is 0 Å². The van der Waals surface area contributed by atoms with E-state index >= 15 is 0 Å². The molecule has 2 atom stereocenters. The summed E-state index contributed by atoms with van der Waals surface area (Å²) < 4.78 is 24.6. The number of likely N-dealkylation sites (tertiary alicyclic amines) is 1. The summed E-state index contributed by atoms with van der Waals surface area (Å²) in [6, 6.07) is 7.46. The molecule has 1 aliphatic rings. The summed E-state index contributed by atoms with van der Waals surface area (Å²) in [6.45, 7) is 1.83. The van der Waals surface area contributed by atoms with Gasteiger partial charge in [-0.05, 0) is 37.6 Å². The third-order valence-electron chi connectivity index (χ3n) is 4.51. The molecular weight excluding hydrogens is 356 g/mol. The average molecular weight is 374 g/mol. The largest absolute Gasteiger partial charge is 0.340 e. The minimum atomic E-state index is -3.42. The summed E-state index contributed by atoms with van der Waals surface area (Å²) >= 11 is 0. The topological polar surface area (TPSA) is 112 Å². The van der Waals surface area contributed by atoms with Crippen LogP contribution in [0.15, 0.2) is 30.5 Å². The van der Waals surface area contributed by atoms with Gasteiger partial charge in [0.15, 0.2) is 0 Å². The molecule has 2 heterocycles. The molecule has 2 amide bonds. The number of amides is 2. The Hall–Kier alpha value is -2.86. The normalized spacial score (nSPS) is 20.3. The van der Waals surface area contributed by atoms with Gasteiger partial charge in [-0.15, -0.1) is 0 Å². The zero-order valence-corrected chi connectivity index (χ0v) is 15.2. The average Bonchev–Trinajstić information content (AvgIpc) is 3.11. The molecule has 2 aromatic rings. The Morgan fingerprint density at radius 1 is 1.38 bits per heavy atom. The predicted octanol–water partition coefficient (Wildman–Crippen LogP) is 0.692. The van der Waals surface area contributed by atoms with Gasteiger partial charge in [0.1, 0.15) is 12.6 Å².